The Morgan fingerprint density at radius 3 is 2.28 bits per heavy atom. The van der Waals surface area contributed by atoms with Crippen LogP contribution in [0, 0.1) is 0 Å². The van der Waals surface area contributed by atoms with E-state index in [2.05, 4.69) is 20.8 Å². The molecule has 0 unspecified atom stereocenters. The predicted molar refractivity (Wildman–Crippen MR) is 108 cm³/mol. The summed E-state index contributed by atoms with van der Waals surface area (Å²) >= 11 is 0. The van der Waals surface area contributed by atoms with Crippen LogP contribution in [0.15, 0.2) is 36.4 Å². The number of ether oxygens (including phenoxy) is 4. The number of fused-ring (bicyclic) bond motifs is 1. The molecule has 154 valence electrons. The van der Waals surface area contributed by atoms with E-state index in [0.717, 1.165) is 5.56 Å². The van der Waals surface area contributed by atoms with Gasteiger partial charge < -0.3 is 18.9 Å². The van der Waals surface area contributed by atoms with Crippen molar-refractivity contribution in [3.05, 3.63) is 53.1 Å². The zero-order valence-corrected chi connectivity index (χ0v) is 17.4. The molecule has 6 nitrogen and oxygen atoms in total. The molecule has 0 aliphatic carbocycles. The van der Waals surface area contributed by atoms with Gasteiger partial charge in [-0.05, 0) is 30.0 Å². The summed E-state index contributed by atoms with van der Waals surface area (Å²) in [6.45, 7) is 8.68. The molecule has 2 aromatic rings. The van der Waals surface area contributed by atoms with Gasteiger partial charge in [-0.15, -0.1) is 0 Å². The number of ketones is 1. The van der Waals surface area contributed by atoms with Gasteiger partial charge in [0.05, 0.1) is 12.7 Å². The van der Waals surface area contributed by atoms with Gasteiger partial charge in [0.15, 0.2) is 17.6 Å². The van der Waals surface area contributed by atoms with Crippen molar-refractivity contribution in [1.82, 2.24) is 0 Å². The first-order valence-corrected chi connectivity index (χ1v) is 9.54. The van der Waals surface area contributed by atoms with Crippen molar-refractivity contribution >= 4 is 11.8 Å². The molecule has 0 bridgehead atoms. The average Bonchev–Trinajstić information content (AvgIpc) is 2.71. The van der Waals surface area contributed by atoms with Crippen LogP contribution in [-0.2, 0) is 10.2 Å². The highest BCUT2D eigenvalue weighted by Crippen LogP contribution is 2.40. The number of rotatable bonds is 5. The van der Waals surface area contributed by atoms with Crippen LogP contribution < -0.4 is 14.2 Å². The Labute approximate surface area is 170 Å². The van der Waals surface area contributed by atoms with E-state index in [0.29, 0.717) is 36.0 Å². The topological polar surface area (TPSA) is 71.1 Å². The minimum Gasteiger partial charge on any atom is -0.493 e. The van der Waals surface area contributed by atoms with Crippen molar-refractivity contribution in [2.24, 2.45) is 0 Å². The van der Waals surface area contributed by atoms with Crippen molar-refractivity contribution in [3.8, 4) is 17.2 Å². The number of benzene rings is 2. The van der Waals surface area contributed by atoms with E-state index in [1.165, 1.54) is 19.2 Å². The fourth-order valence-corrected chi connectivity index (χ4v) is 3.04. The van der Waals surface area contributed by atoms with Crippen molar-refractivity contribution in [2.45, 2.75) is 39.2 Å². The Balaban J connectivity index is 1.74. The summed E-state index contributed by atoms with van der Waals surface area (Å²) in [5, 5.41) is 0. The third kappa shape index (κ3) is 4.53. The highest BCUT2D eigenvalue weighted by Gasteiger charge is 2.25. The molecule has 1 aliphatic rings. The molecule has 0 saturated carbocycles. The highest BCUT2D eigenvalue weighted by atomic mass is 16.6. The molecule has 1 heterocycles. The Hall–Kier alpha value is -3.02. The van der Waals surface area contributed by atoms with Gasteiger partial charge in [0.1, 0.15) is 13.2 Å². The van der Waals surface area contributed by atoms with E-state index in [-0.39, 0.29) is 16.8 Å². The highest BCUT2D eigenvalue weighted by molar-refractivity contribution is 6.01. The van der Waals surface area contributed by atoms with Crippen molar-refractivity contribution in [2.75, 3.05) is 20.3 Å². The zero-order valence-electron chi connectivity index (χ0n) is 17.4. The molecular formula is C23H26O6. The minimum absolute atomic E-state index is 0.00303. The average molecular weight is 398 g/mol. The third-order valence-electron chi connectivity index (χ3n) is 4.75. The number of esters is 1. The lowest BCUT2D eigenvalue weighted by Gasteiger charge is -2.21. The van der Waals surface area contributed by atoms with Crippen molar-refractivity contribution < 1.29 is 28.5 Å². The summed E-state index contributed by atoms with van der Waals surface area (Å²) in [6, 6.07) is 10.4. The summed E-state index contributed by atoms with van der Waals surface area (Å²) in [7, 11) is 1.48. The van der Waals surface area contributed by atoms with Crippen molar-refractivity contribution in [1.29, 1.82) is 0 Å². The number of carbonyl (C=O) groups excluding carboxylic acids is 2. The largest absolute Gasteiger partial charge is 0.493 e. The van der Waals surface area contributed by atoms with E-state index >= 15 is 0 Å². The van der Waals surface area contributed by atoms with Gasteiger partial charge >= 0.3 is 5.97 Å². The van der Waals surface area contributed by atoms with Crippen LogP contribution in [0.4, 0.5) is 0 Å². The minimum atomic E-state index is -0.929. The van der Waals surface area contributed by atoms with Crippen LogP contribution in [0.25, 0.3) is 0 Å². The molecule has 0 amide bonds. The standard InChI is InChI=1S/C23H26O6/c1-14(20(24)15-6-8-17(9-7-15)23(2,3)4)29-22(25)16-12-18(26-5)21-19(13-16)27-10-11-28-21/h6-9,12-14H,10-11H2,1-5H3/t14-/m1/s1. The molecule has 6 heteroatoms. The molecule has 3 rings (SSSR count). The molecule has 0 radical (unpaired) electrons. The second-order valence-corrected chi connectivity index (χ2v) is 7.94. The predicted octanol–water partition coefficient (Wildman–Crippen LogP) is 4.19. The van der Waals surface area contributed by atoms with E-state index in [9.17, 15) is 9.59 Å². The Bertz CT molecular complexity index is 891. The Morgan fingerprint density at radius 1 is 1.00 bits per heavy atom. The maximum atomic E-state index is 12.7. The first kappa shape index (κ1) is 20.7. The van der Waals surface area contributed by atoms with Gasteiger partial charge in [0.25, 0.3) is 0 Å². The van der Waals surface area contributed by atoms with Crippen LogP contribution in [0.2, 0.25) is 0 Å². The Morgan fingerprint density at radius 2 is 1.66 bits per heavy atom. The number of hydrogen-bond donors (Lipinski definition) is 0. The fraction of sp³-hybridized carbons (Fsp3) is 0.391. The number of hydrogen-bond acceptors (Lipinski definition) is 6. The van der Waals surface area contributed by atoms with E-state index < -0.39 is 12.1 Å². The van der Waals surface area contributed by atoms with Crippen LogP contribution >= 0.6 is 0 Å². The Kier molecular flexibility index (Phi) is 5.82. The first-order chi connectivity index (χ1) is 13.7. The summed E-state index contributed by atoms with van der Waals surface area (Å²) in [5.74, 6) is 0.360. The fourth-order valence-electron chi connectivity index (χ4n) is 3.04. The lowest BCUT2D eigenvalue weighted by molar-refractivity contribution is 0.0317. The second-order valence-electron chi connectivity index (χ2n) is 7.94. The molecule has 0 aromatic heterocycles. The number of Topliss-reactive ketones (excluding diaryl/α,β-unsaturated/α-hetero) is 1. The van der Waals surface area contributed by atoms with Crippen LogP contribution in [-0.4, -0.2) is 38.2 Å². The molecule has 29 heavy (non-hydrogen) atoms. The lowest BCUT2D eigenvalue weighted by atomic mass is 9.86. The van der Waals surface area contributed by atoms with Gasteiger partial charge in [-0.1, -0.05) is 45.0 Å². The van der Waals surface area contributed by atoms with Crippen LogP contribution in [0.5, 0.6) is 17.2 Å². The molecule has 0 saturated heterocycles. The molecule has 0 spiro atoms. The van der Waals surface area contributed by atoms with Gasteiger partial charge in [-0.3, -0.25) is 4.79 Å². The number of carbonyl (C=O) groups is 2. The van der Waals surface area contributed by atoms with E-state index in [4.69, 9.17) is 18.9 Å². The van der Waals surface area contributed by atoms with Gasteiger partial charge in [-0.2, -0.15) is 0 Å². The maximum Gasteiger partial charge on any atom is 0.339 e. The molecule has 1 atom stereocenters. The smallest absolute Gasteiger partial charge is 0.339 e. The third-order valence-corrected chi connectivity index (χ3v) is 4.75. The van der Waals surface area contributed by atoms with Crippen LogP contribution in [0.3, 0.4) is 0 Å². The number of methoxy groups -OCH3 is 1. The zero-order chi connectivity index (χ0) is 21.2. The second kappa shape index (κ2) is 8.15. The molecule has 0 N–H and O–H groups in total. The molecular weight excluding hydrogens is 372 g/mol. The van der Waals surface area contributed by atoms with E-state index in [1.807, 2.05) is 12.1 Å². The normalized spacial score (nSPS) is 14.1. The maximum absolute atomic E-state index is 12.7. The molecule has 2 aromatic carbocycles. The monoisotopic (exact) mass is 398 g/mol. The van der Waals surface area contributed by atoms with Gasteiger partial charge in [0.2, 0.25) is 11.5 Å². The summed E-state index contributed by atoms with van der Waals surface area (Å²) in [6.07, 6.45) is -0.929. The quantitative estimate of drug-likeness (QED) is 0.556. The van der Waals surface area contributed by atoms with Crippen LogP contribution in [0.1, 0.15) is 54.0 Å². The summed E-state index contributed by atoms with van der Waals surface area (Å²) in [5.41, 5.74) is 1.85. The molecule has 1 aliphatic heterocycles. The summed E-state index contributed by atoms with van der Waals surface area (Å²) < 4.78 is 21.8. The van der Waals surface area contributed by atoms with Gasteiger partial charge in [0, 0.05) is 5.56 Å². The lowest BCUT2D eigenvalue weighted by Crippen LogP contribution is -2.25. The van der Waals surface area contributed by atoms with Crippen molar-refractivity contribution in [3.63, 3.8) is 0 Å². The first-order valence-electron chi connectivity index (χ1n) is 9.54. The SMILES string of the molecule is COc1cc(C(=O)O[C@H](C)C(=O)c2ccc(C(C)(C)C)cc2)cc2c1OCCO2. The van der Waals surface area contributed by atoms with Gasteiger partial charge in [-0.25, -0.2) is 4.79 Å². The van der Waals surface area contributed by atoms with E-state index in [1.54, 1.807) is 19.1 Å². The summed E-state index contributed by atoms with van der Waals surface area (Å²) in [4.78, 5) is 25.3. The molecule has 0 fully saturated rings.